The van der Waals surface area contributed by atoms with Crippen LogP contribution in [0.5, 0.6) is 0 Å². The molecule has 4 saturated carbocycles. The van der Waals surface area contributed by atoms with Crippen LogP contribution in [-0.4, -0.2) is 27.1 Å². The Bertz CT molecular complexity index is 645. The van der Waals surface area contributed by atoms with E-state index in [-0.39, 0.29) is 5.41 Å². The molecule has 4 aliphatic rings. The van der Waals surface area contributed by atoms with Gasteiger partial charge < -0.3 is 15.3 Å². The smallest absolute Gasteiger partial charge is 0.303 e. The minimum absolute atomic E-state index is 0.250. The summed E-state index contributed by atoms with van der Waals surface area (Å²) in [4.78, 5) is 11.1. The zero-order valence-electron chi connectivity index (χ0n) is 18.9. The highest BCUT2D eigenvalue weighted by atomic mass is 16.5. The summed E-state index contributed by atoms with van der Waals surface area (Å²) in [7, 11) is 0. The Balaban J connectivity index is 1.56. The SMILES string of the molecule is C[C@H](CCC(=O)O)[C@H]1CC[C@H]2[C@@H]3[C@@H](C)C[C@@H]4CC(O)(O)CC[C@]4(C)[C@H]3CC[C@]12C. The van der Waals surface area contributed by atoms with Crippen molar-refractivity contribution < 1.29 is 20.1 Å². The lowest BCUT2D eigenvalue weighted by atomic mass is 9.42. The lowest BCUT2D eigenvalue weighted by Crippen LogP contribution is -2.58. The fraction of sp³-hybridized carbons (Fsp3) is 0.960. The van der Waals surface area contributed by atoms with E-state index in [9.17, 15) is 15.0 Å². The van der Waals surface area contributed by atoms with Crippen LogP contribution in [0.4, 0.5) is 0 Å². The molecule has 0 aromatic carbocycles. The number of carboxylic acids is 1. The maximum Gasteiger partial charge on any atom is 0.303 e. The van der Waals surface area contributed by atoms with Gasteiger partial charge in [0.2, 0.25) is 0 Å². The number of aliphatic carboxylic acids is 1. The molecule has 29 heavy (non-hydrogen) atoms. The van der Waals surface area contributed by atoms with Crippen LogP contribution in [0, 0.1) is 52.3 Å². The first-order chi connectivity index (χ1) is 13.5. The molecule has 9 atom stereocenters. The third-order valence-corrected chi connectivity index (χ3v) is 10.6. The molecular formula is C25H42O4. The summed E-state index contributed by atoms with van der Waals surface area (Å²) in [5, 5.41) is 29.7. The van der Waals surface area contributed by atoms with Gasteiger partial charge in [0.1, 0.15) is 0 Å². The summed E-state index contributed by atoms with van der Waals surface area (Å²) in [6, 6.07) is 0. The van der Waals surface area contributed by atoms with Gasteiger partial charge in [0.15, 0.2) is 5.79 Å². The standard InChI is InChI=1S/C25H42O4/c1-15(5-8-21(26)27)18-6-7-19-22-16(2)13-17-14-25(28,29)12-11-23(17,3)20(22)9-10-24(18,19)4/h15-20,22,28-29H,5-14H2,1-4H3,(H,26,27)/t15-,16+,17-,18-,19+,20+,22+,23+,24-/m1/s1. The molecule has 0 bridgehead atoms. The van der Waals surface area contributed by atoms with Crippen molar-refractivity contribution in [2.24, 2.45) is 52.3 Å². The van der Waals surface area contributed by atoms with Crippen LogP contribution in [0.2, 0.25) is 0 Å². The predicted molar refractivity (Wildman–Crippen MR) is 113 cm³/mol. The van der Waals surface area contributed by atoms with E-state index in [2.05, 4.69) is 27.7 Å². The van der Waals surface area contributed by atoms with Crippen LogP contribution < -0.4 is 0 Å². The van der Waals surface area contributed by atoms with E-state index in [1.807, 2.05) is 0 Å². The Labute approximate surface area is 176 Å². The van der Waals surface area contributed by atoms with Gasteiger partial charge in [-0.2, -0.15) is 0 Å². The average molecular weight is 407 g/mol. The van der Waals surface area contributed by atoms with E-state index in [1.165, 1.54) is 25.7 Å². The molecule has 0 aromatic heterocycles. The number of hydrogen-bond donors (Lipinski definition) is 3. The second-order valence-electron chi connectivity index (χ2n) is 12.0. The van der Waals surface area contributed by atoms with Gasteiger partial charge in [-0.15, -0.1) is 0 Å². The van der Waals surface area contributed by atoms with E-state index >= 15 is 0 Å². The molecule has 0 radical (unpaired) electrons. The Morgan fingerprint density at radius 2 is 1.72 bits per heavy atom. The number of rotatable bonds is 4. The lowest BCUT2D eigenvalue weighted by molar-refractivity contribution is -0.239. The fourth-order valence-corrected chi connectivity index (χ4v) is 9.14. The monoisotopic (exact) mass is 406 g/mol. The quantitative estimate of drug-likeness (QED) is 0.569. The maximum absolute atomic E-state index is 11.1. The second-order valence-corrected chi connectivity index (χ2v) is 12.0. The molecule has 4 aliphatic carbocycles. The van der Waals surface area contributed by atoms with Crippen molar-refractivity contribution in [3.05, 3.63) is 0 Å². The zero-order valence-corrected chi connectivity index (χ0v) is 18.9. The summed E-state index contributed by atoms with van der Waals surface area (Å²) in [6.45, 7) is 9.70. The first kappa shape index (κ1) is 21.6. The highest BCUT2D eigenvalue weighted by Gasteiger charge is 2.63. The molecule has 4 heteroatoms. The van der Waals surface area contributed by atoms with Crippen molar-refractivity contribution in [3.63, 3.8) is 0 Å². The maximum atomic E-state index is 11.1. The highest BCUT2D eigenvalue weighted by Crippen LogP contribution is 2.69. The molecule has 4 fully saturated rings. The normalized spacial score (nSPS) is 49.6. The predicted octanol–water partition coefficient (Wildman–Crippen LogP) is 5.07. The van der Waals surface area contributed by atoms with Crippen molar-refractivity contribution in [3.8, 4) is 0 Å². The number of fused-ring (bicyclic) bond motifs is 5. The summed E-state index contributed by atoms with van der Waals surface area (Å²) >= 11 is 0. The lowest BCUT2D eigenvalue weighted by Gasteiger charge is -2.63. The molecule has 0 amide bonds. The Morgan fingerprint density at radius 3 is 2.41 bits per heavy atom. The largest absolute Gasteiger partial charge is 0.481 e. The summed E-state index contributed by atoms with van der Waals surface area (Å²) in [5.74, 6) is 2.29. The van der Waals surface area contributed by atoms with Gasteiger partial charge in [-0.3, -0.25) is 4.79 Å². The number of carboxylic acid groups (broad SMARTS) is 1. The van der Waals surface area contributed by atoms with Crippen molar-refractivity contribution in [2.45, 2.75) is 97.7 Å². The number of hydrogen-bond acceptors (Lipinski definition) is 3. The minimum Gasteiger partial charge on any atom is -0.481 e. The van der Waals surface area contributed by atoms with Gasteiger partial charge in [-0.05, 0) is 97.2 Å². The van der Waals surface area contributed by atoms with E-state index in [0.29, 0.717) is 54.3 Å². The van der Waals surface area contributed by atoms with Gasteiger partial charge in [0.05, 0.1) is 0 Å². The van der Waals surface area contributed by atoms with Crippen LogP contribution >= 0.6 is 0 Å². The molecule has 0 spiro atoms. The minimum atomic E-state index is -1.46. The molecule has 0 saturated heterocycles. The molecule has 4 nitrogen and oxygen atoms in total. The van der Waals surface area contributed by atoms with Gasteiger partial charge in [0, 0.05) is 19.3 Å². The molecule has 3 N–H and O–H groups in total. The van der Waals surface area contributed by atoms with Gasteiger partial charge >= 0.3 is 5.97 Å². The first-order valence-electron chi connectivity index (χ1n) is 12.1. The number of aliphatic hydroxyl groups is 2. The van der Waals surface area contributed by atoms with Crippen molar-refractivity contribution in [1.82, 2.24) is 0 Å². The third-order valence-electron chi connectivity index (χ3n) is 10.6. The fourth-order valence-electron chi connectivity index (χ4n) is 9.14. The van der Waals surface area contributed by atoms with Crippen molar-refractivity contribution >= 4 is 5.97 Å². The van der Waals surface area contributed by atoms with Crippen LogP contribution in [0.25, 0.3) is 0 Å². The highest BCUT2D eigenvalue weighted by molar-refractivity contribution is 5.66. The van der Waals surface area contributed by atoms with E-state index < -0.39 is 11.8 Å². The average Bonchev–Trinajstić information content (AvgIpc) is 2.98. The van der Waals surface area contributed by atoms with Crippen molar-refractivity contribution in [2.75, 3.05) is 0 Å². The number of carbonyl (C=O) groups is 1. The van der Waals surface area contributed by atoms with Crippen molar-refractivity contribution in [1.29, 1.82) is 0 Å². The molecule has 4 rings (SSSR count). The van der Waals surface area contributed by atoms with Crippen LogP contribution in [0.15, 0.2) is 0 Å². The zero-order chi connectivity index (χ0) is 21.2. The van der Waals surface area contributed by atoms with Crippen LogP contribution in [-0.2, 0) is 4.79 Å². The van der Waals surface area contributed by atoms with Gasteiger partial charge in [-0.25, -0.2) is 0 Å². The van der Waals surface area contributed by atoms with E-state index in [1.54, 1.807) is 0 Å². The summed E-state index contributed by atoms with van der Waals surface area (Å²) in [6.07, 6.45) is 9.34. The van der Waals surface area contributed by atoms with Gasteiger partial charge in [0.25, 0.3) is 0 Å². The molecule has 166 valence electrons. The molecular weight excluding hydrogens is 364 g/mol. The Kier molecular flexibility index (Phi) is 5.38. The molecule has 0 unspecified atom stereocenters. The first-order valence-corrected chi connectivity index (χ1v) is 12.1. The third kappa shape index (κ3) is 3.46. The Hall–Kier alpha value is -0.610. The Morgan fingerprint density at radius 1 is 1.03 bits per heavy atom. The topological polar surface area (TPSA) is 77.8 Å². The second kappa shape index (κ2) is 7.22. The van der Waals surface area contributed by atoms with Crippen LogP contribution in [0.3, 0.4) is 0 Å². The molecule has 0 aromatic rings. The van der Waals surface area contributed by atoms with E-state index in [0.717, 1.165) is 31.1 Å². The summed E-state index contributed by atoms with van der Waals surface area (Å²) < 4.78 is 0. The van der Waals surface area contributed by atoms with E-state index in [4.69, 9.17) is 5.11 Å². The van der Waals surface area contributed by atoms with Crippen LogP contribution in [0.1, 0.15) is 91.9 Å². The van der Waals surface area contributed by atoms with Gasteiger partial charge in [-0.1, -0.05) is 27.7 Å². The molecule has 0 heterocycles. The molecule has 0 aliphatic heterocycles. The summed E-state index contributed by atoms with van der Waals surface area (Å²) in [5.41, 5.74) is 0.601.